The van der Waals surface area contributed by atoms with Crippen LogP contribution in [0.25, 0.3) is 0 Å². The molecule has 1 fully saturated rings. The number of piperidine rings is 1. The molecule has 1 aliphatic heterocycles. The number of aryl methyl sites for hydroxylation is 2. The van der Waals surface area contributed by atoms with Gasteiger partial charge < -0.3 is 5.73 Å². The Balaban J connectivity index is 1.80. The van der Waals surface area contributed by atoms with Crippen LogP contribution in [0.5, 0.6) is 0 Å². The predicted molar refractivity (Wildman–Crippen MR) is 90.9 cm³/mol. The minimum atomic E-state index is 0.382. The zero-order valence-corrected chi connectivity index (χ0v) is 13.0. The highest BCUT2D eigenvalue weighted by molar-refractivity contribution is 5.44. The third kappa shape index (κ3) is 2.47. The van der Waals surface area contributed by atoms with Crippen LogP contribution in [0.3, 0.4) is 0 Å². The summed E-state index contributed by atoms with van der Waals surface area (Å²) in [4.78, 5) is 2.65. The fraction of sp³-hybridized carbons (Fsp3) is 0.400. The van der Waals surface area contributed by atoms with E-state index in [4.69, 9.17) is 5.73 Å². The molecule has 0 unspecified atom stereocenters. The Bertz CT molecular complexity index is 609. The molecule has 0 bridgehead atoms. The number of nitrogens with zero attached hydrogens (tertiary/aromatic N) is 1. The van der Waals surface area contributed by atoms with E-state index in [2.05, 4.69) is 53.4 Å². The number of rotatable bonds is 1. The highest BCUT2D eigenvalue weighted by Gasteiger charge is 2.30. The Morgan fingerprint density at radius 1 is 0.773 bits per heavy atom. The first-order valence-electron chi connectivity index (χ1n) is 8.48. The number of fused-ring (bicyclic) bond motifs is 2. The van der Waals surface area contributed by atoms with E-state index in [1.807, 2.05) is 0 Å². The van der Waals surface area contributed by atoms with Crippen molar-refractivity contribution in [3.05, 3.63) is 70.8 Å². The summed E-state index contributed by atoms with van der Waals surface area (Å²) in [5.74, 6) is 0. The van der Waals surface area contributed by atoms with Gasteiger partial charge in [0, 0.05) is 19.1 Å². The third-order valence-corrected chi connectivity index (χ3v) is 5.30. The molecule has 4 rings (SSSR count). The van der Waals surface area contributed by atoms with Gasteiger partial charge in [-0.15, -0.1) is 0 Å². The fourth-order valence-corrected chi connectivity index (χ4v) is 4.07. The lowest BCUT2D eigenvalue weighted by atomic mass is 9.91. The van der Waals surface area contributed by atoms with Gasteiger partial charge in [-0.05, 0) is 47.9 Å². The molecular weight excluding hydrogens is 268 g/mol. The van der Waals surface area contributed by atoms with Crippen LogP contribution in [0.2, 0.25) is 0 Å². The molecule has 1 saturated heterocycles. The third-order valence-electron chi connectivity index (χ3n) is 5.30. The van der Waals surface area contributed by atoms with Gasteiger partial charge in [-0.25, -0.2) is 0 Å². The van der Waals surface area contributed by atoms with Gasteiger partial charge in [0.15, 0.2) is 0 Å². The van der Waals surface area contributed by atoms with Gasteiger partial charge in [-0.3, -0.25) is 4.90 Å². The van der Waals surface area contributed by atoms with Gasteiger partial charge in [0.1, 0.15) is 0 Å². The van der Waals surface area contributed by atoms with Crippen LogP contribution in [0.1, 0.15) is 41.1 Å². The second-order valence-electron chi connectivity index (χ2n) is 6.67. The normalized spacial score (nSPS) is 20.2. The summed E-state index contributed by atoms with van der Waals surface area (Å²) in [6.07, 6.45) is 4.52. The van der Waals surface area contributed by atoms with E-state index in [1.165, 1.54) is 22.3 Å². The molecule has 2 aliphatic rings. The SMILES string of the molecule is NC1CCN(C2c3ccccc3CCc3ccccc32)CC1. The standard InChI is InChI=1S/C20H24N2/c21-17-11-13-22(14-12-17)20-18-7-3-1-5-15(18)9-10-16-6-2-4-8-19(16)20/h1-8,17,20H,9-14,21H2. The van der Waals surface area contributed by atoms with Crippen molar-refractivity contribution in [1.82, 2.24) is 4.90 Å². The predicted octanol–water partition coefficient (Wildman–Crippen LogP) is 3.30. The average molecular weight is 292 g/mol. The molecule has 2 heteroatoms. The lowest BCUT2D eigenvalue weighted by Gasteiger charge is -2.38. The Hall–Kier alpha value is -1.64. The molecule has 0 aromatic heterocycles. The first-order chi connectivity index (χ1) is 10.8. The molecule has 22 heavy (non-hydrogen) atoms. The molecule has 0 spiro atoms. The van der Waals surface area contributed by atoms with Crippen LogP contribution in [-0.2, 0) is 12.8 Å². The maximum atomic E-state index is 6.12. The van der Waals surface area contributed by atoms with E-state index in [0.29, 0.717) is 12.1 Å². The molecule has 1 aliphatic carbocycles. The fourth-order valence-electron chi connectivity index (χ4n) is 4.07. The van der Waals surface area contributed by atoms with Crippen molar-refractivity contribution in [3.8, 4) is 0 Å². The minimum Gasteiger partial charge on any atom is -0.328 e. The molecular formula is C20H24N2. The molecule has 0 atom stereocenters. The number of nitrogens with two attached hydrogens (primary N) is 1. The molecule has 2 aromatic rings. The molecule has 2 nitrogen and oxygen atoms in total. The smallest absolute Gasteiger partial charge is 0.0607 e. The second-order valence-corrected chi connectivity index (χ2v) is 6.67. The molecule has 0 saturated carbocycles. The highest BCUT2D eigenvalue weighted by atomic mass is 15.2. The largest absolute Gasteiger partial charge is 0.328 e. The van der Waals surface area contributed by atoms with Gasteiger partial charge >= 0.3 is 0 Å². The lowest BCUT2D eigenvalue weighted by Crippen LogP contribution is -2.42. The van der Waals surface area contributed by atoms with E-state index in [9.17, 15) is 0 Å². The van der Waals surface area contributed by atoms with E-state index < -0.39 is 0 Å². The van der Waals surface area contributed by atoms with Gasteiger partial charge in [0.2, 0.25) is 0 Å². The van der Waals surface area contributed by atoms with E-state index >= 15 is 0 Å². The molecule has 0 radical (unpaired) electrons. The Labute approximate surface area is 132 Å². The molecule has 2 aromatic carbocycles. The summed E-state index contributed by atoms with van der Waals surface area (Å²) >= 11 is 0. The lowest BCUT2D eigenvalue weighted by molar-refractivity contribution is 0.174. The van der Waals surface area contributed by atoms with Crippen LogP contribution in [0.15, 0.2) is 48.5 Å². The van der Waals surface area contributed by atoms with Gasteiger partial charge in [0.25, 0.3) is 0 Å². The van der Waals surface area contributed by atoms with Gasteiger partial charge in [-0.2, -0.15) is 0 Å². The van der Waals surface area contributed by atoms with E-state index in [-0.39, 0.29) is 0 Å². The number of hydrogen-bond acceptors (Lipinski definition) is 2. The van der Waals surface area contributed by atoms with Crippen LogP contribution in [0.4, 0.5) is 0 Å². The maximum absolute atomic E-state index is 6.12. The van der Waals surface area contributed by atoms with Crippen molar-refractivity contribution in [2.75, 3.05) is 13.1 Å². The summed E-state index contributed by atoms with van der Waals surface area (Å²) in [6.45, 7) is 2.21. The van der Waals surface area contributed by atoms with Crippen molar-refractivity contribution in [2.45, 2.75) is 37.8 Å². The summed E-state index contributed by atoms with van der Waals surface area (Å²) in [7, 11) is 0. The number of likely N-dealkylation sites (tertiary alicyclic amines) is 1. The first kappa shape index (κ1) is 14.0. The zero-order chi connectivity index (χ0) is 14.9. The van der Waals surface area contributed by atoms with Crippen molar-refractivity contribution in [2.24, 2.45) is 5.73 Å². The summed E-state index contributed by atoms with van der Waals surface area (Å²) < 4.78 is 0. The highest BCUT2D eigenvalue weighted by Crippen LogP contribution is 2.37. The Morgan fingerprint density at radius 3 is 1.82 bits per heavy atom. The van der Waals surface area contributed by atoms with Gasteiger partial charge in [0.05, 0.1) is 6.04 Å². The molecule has 0 amide bonds. The molecule has 114 valence electrons. The van der Waals surface area contributed by atoms with Crippen molar-refractivity contribution >= 4 is 0 Å². The second kappa shape index (κ2) is 5.86. The van der Waals surface area contributed by atoms with E-state index in [1.54, 1.807) is 0 Å². The van der Waals surface area contributed by atoms with Crippen molar-refractivity contribution < 1.29 is 0 Å². The van der Waals surface area contributed by atoms with Gasteiger partial charge in [-0.1, -0.05) is 48.5 Å². The van der Waals surface area contributed by atoms with Crippen LogP contribution in [-0.4, -0.2) is 24.0 Å². The molecule has 1 heterocycles. The summed E-state index contributed by atoms with van der Waals surface area (Å²) in [5.41, 5.74) is 12.2. The van der Waals surface area contributed by atoms with Crippen molar-refractivity contribution in [3.63, 3.8) is 0 Å². The average Bonchev–Trinajstić information content (AvgIpc) is 2.73. The van der Waals surface area contributed by atoms with E-state index in [0.717, 1.165) is 38.8 Å². The molecule has 2 N–H and O–H groups in total. The zero-order valence-electron chi connectivity index (χ0n) is 13.0. The van der Waals surface area contributed by atoms with Crippen LogP contribution >= 0.6 is 0 Å². The number of hydrogen-bond donors (Lipinski definition) is 1. The first-order valence-corrected chi connectivity index (χ1v) is 8.48. The van der Waals surface area contributed by atoms with Crippen LogP contribution < -0.4 is 5.73 Å². The maximum Gasteiger partial charge on any atom is 0.0607 e. The van der Waals surface area contributed by atoms with Crippen LogP contribution in [0, 0.1) is 0 Å². The topological polar surface area (TPSA) is 29.3 Å². The quantitative estimate of drug-likeness (QED) is 0.874. The van der Waals surface area contributed by atoms with Crippen molar-refractivity contribution in [1.29, 1.82) is 0 Å². The summed E-state index contributed by atoms with van der Waals surface area (Å²) in [6, 6.07) is 18.8. The minimum absolute atomic E-state index is 0.382. The number of benzene rings is 2. The monoisotopic (exact) mass is 292 g/mol. The Kier molecular flexibility index (Phi) is 3.73. The summed E-state index contributed by atoms with van der Waals surface area (Å²) in [5, 5.41) is 0. The Morgan fingerprint density at radius 2 is 1.27 bits per heavy atom.